The molecule has 25 heavy (non-hydrogen) atoms. The second kappa shape index (κ2) is 7.87. The van der Waals surface area contributed by atoms with E-state index in [1.807, 2.05) is 32.0 Å². The van der Waals surface area contributed by atoms with Gasteiger partial charge in [0.15, 0.2) is 0 Å². The summed E-state index contributed by atoms with van der Waals surface area (Å²) in [5.74, 6) is 0.0709. The van der Waals surface area contributed by atoms with Crippen LogP contribution >= 0.6 is 0 Å². The van der Waals surface area contributed by atoms with Crippen LogP contribution in [0, 0.1) is 0 Å². The second-order valence-corrected chi connectivity index (χ2v) is 7.09. The van der Waals surface area contributed by atoms with Crippen molar-refractivity contribution >= 4 is 11.8 Å². The quantitative estimate of drug-likeness (QED) is 0.820. The predicted octanol–water partition coefficient (Wildman–Crippen LogP) is 1.40. The van der Waals surface area contributed by atoms with Gasteiger partial charge in [-0.2, -0.15) is 0 Å². The van der Waals surface area contributed by atoms with Crippen LogP contribution in [-0.2, 0) is 16.1 Å². The minimum Gasteiger partial charge on any atom is -0.491 e. The summed E-state index contributed by atoms with van der Waals surface area (Å²) in [5.41, 5.74) is 1.16. The summed E-state index contributed by atoms with van der Waals surface area (Å²) in [7, 11) is 0. The number of carbonyl (C=O) groups excluding carboxylic acids is 2. The van der Waals surface area contributed by atoms with Gasteiger partial charge in [0.05, 0.1) is 6.10 Å². The van der Waals surface area contributed by atoms with E-state index in [0.29, 0.717) is 13.1 Å². The Hall–Kier alpha value is -2.08. The number of ether oxygens (including phenoxy) is 1. The van der Waals surface area contributed by atoms with Crippen molar-refractivity contribution in [2.75, 3.05) is 26.2 Å². The van der Waals surface area contributed by atoms with Gasteiger partial charge in [0, 0.05) is 44.3 Å². The van der Waals surface area contributed by atoms with Gasteiger partial charge in [-0.15, -0.1) is 0 Å². The zero-order valence-corrected chi connectivity index (χ0v) is 15.0. The fourth-order valence-corrected chi connectivity index (χ4v) is 2.97. The Bertz CT molecular complexity index is 620. The maximum Gasteiger partial charge on any atom is 0.311 e. The van der Waals surface area contributed by atoms with Crippen LogP contribution in [0.5, 0.6) is 5.75 Å². The number of carbonyl (C=O) groups is 2. The van der Waals surface area contributed by atoms with E-state index < -0.39 is 11.8 Å². The van der Waals surface area contributed by atoms with Crippen LogP contribution in [0.25, 0.3) is 0 Å². The molecule has 1 aliphatic carbocycles. The van der Waals surface area contributed by atoms with Gasteiger partial charge < -0.3 is 15.0 Å². The molecule has 136 valence electrons. The number of rotatable bonds is 5. The summed E-state index contributed by atoms with van der Waals surface area (Å²) in [5, 5.41) is 2.77. The Balaban J connectivity index is 1.51. The van der Waals surface area contributed by atoms with Gasteiger partial charge in [0.25, 0.3) is 0 Å². The zero-order chi connectivity index (χ0) is 17.8. The number of hydrogen-bond acceptors (Lipinski definition) is 4. The molecule has 3 rings (SSSR count). The van der Waals surface area contributed by atoms with Crippen molar-refractivity contribution in [2.45, 2.75) is 45.4 Å². The lowest BCUT2D eigenvalue weighted by atomic mass is 10.1. The Morgan fingerprint density at radius 1 is 1.16 bits per heavy atom. The summed E-state index contributed by atoms with van der Waals surface area (Å²) in [6.07, 6.45) is 2.12. The van der Waals surface area contributed by atoms with Crippen LogP contribution in [0.2, 0.25) is 0 Å². The molecule has 6 nitrogen and oxygen atoms in total. The molecule has 0 atom stereocenters. The summed E-state index contributed by atoms with van der Waals surface area (Å²) in [6, 6.07) is 8.30. The summed E-state index contributed by atoms with van der Waals surface area (Å²) >= 11 is 0. The van der Waals surface area contributed by atoms with E-state index >= 15 is 0 Å². The fourth-order valence-electron chi connectivity index (χ4n) is 2.97. The lowest BCUT2D eigenvalue weighted by Gasteiger charge is -2.34. The van der Waals surface area contributed by atoms with Crippen molar-refractivity contribution in [3.8, 4) is 5.75 Å². The second-order valence-electron chi connectivity index (χ2n) is 7.09. The van der Waals surface area contributed by atoms with Gasteiger partial charge in [0.1, 0.15) is 5.75 Å². The fraction of sp³-hybridized carbons (Fsp3) is 0.579. The third-order valence-corrected chi connectivity index (χ3v) is 4.50. The van der Waals surface area contributed by atoms with Crippen molar-refractivity contribution in [2.24, 2.45) is 0 Å². The molecule has 0 radical (unpaired) electrons. The Morgan fingerprint density at radius 2 is 1.84 bits per heavy atom. The molecule has 2 fully saturated rings. The van der Waals surface area contributed by atoms with Gasteiger partial charge in [0.2, 0.25) is 0 Å². The van der Waals surface area contributed by atoms with E-state index in [-0.39, 0.29) is 12.1 Å². The first kappa shape index (κ1) is 17.7. The normalized spacial score (nSPS) is 18.3. The van der Waals surface area contributed by atoms with E-state index in [0.717, 1.165) is 43.8 Å². The summed E-state index contributed by atoms with van der Waals surface area (Å²) in [4.78, 5) is 28.0. The van der Waals surface area contributed by atoms with Crippen molar-refractivity contribution in [3.05, 3.63) is 29.8 Å². The maximum absolute atomic E-state index is 12.2. The Labute approximate surface area is 149 Å². The average molecular weight is 345 g/mol. The van der Waals surface area contributed by atoms with Gasteiger partial charge >= 0.3 is 11.8 Å². The average Bonchev–Trinajstić information content (AvgIpc) is 3.40. The number of nitrogens with one attached hydrogen (secondary N) is 1. The van der Waals surface area contributed by atoms with Crippen molar-refractivity contribution in [3.63, 3.8) is 0 Å². The number of hydrogen-bond donors (Lipinski definition) is 1. The molecule has 0 bridgehead atoms. The molecule has 0 aromatic heterocycles. The summed E-state index contributed by atoms with van der Waals surface area (Å²) < 4.78 is 5.88. The van der Waals surface area contributed by atoms with Crippen LogP contribution < -0.4 is 10.1 Å². The number of para-hydroxylation sites is 1. The maximum atomic E-state index is 12.2. The van der Waals surface area contributed by atoms with Crippen LogP contribution in [0.4, 0.5) is 0 Å². The summed E-state index contributed by atoms with van der Waals surface area (Å²) in [6.45, 7) is 7.53. The third-order valence-electron chi connectivity index (χ3n) is 4.50. The van der Waals surface area contributed by atoms with Crippen molar-refractivity contribution in [1.29, 1.82) is 0 Å². The molecule has 1 aromatic rings. The monoisotopic (exact) mass is 345 g/mol. The highest BCUT2D eigenvalue weighted by molar-refractivity contribution is 6.35. The van der Waals surface area contributed by atoms with E-state index in [1.165, 1.54) is 0 Å². The molecule has 1 saturated carbocycles. The number of benzene rings is 1. The van der Waals surface area contributed by atoms with Crippen LogP contribution in [0.15, 0.2) is 24.3 Å². The lowest BCUT2D eigenvalue weighted by molar-refractivity contribution is -0.147. The lowest BCUT2D eigenvalue weighted by Crippen LogP contribution is -2.52. The minimum absolute atomic E-state index is 0.139. The molecule has 1 N–H and O–H groups in total. The van der Waals surface area contributed by atoms with Crippen LogP contribution in [-0.4, -0.2) is 59.9 Å². The van der Waals surface area contributed by atoms with Gasteiger partial charge in [-0.25, -0.2) is 0 Å². The first-order valence-electron chi connectivity index (χ1n) is 9.09. The molecule has 0 spiro atoms. The molecule has 1 aromatic carbocycles. The smallest absolute Gasteiger partial charge is 0.311 e. The molecule has 2 amide bonds. The largest absolute Gasteiger partial charge is 0.491 e. The minimum atomic E-state index is -0.452. The number of amides is 2. The van der Waals surface area contributed by atoms with E-state index in [1.54, 1.807) is 4.90 Å². The Kier molecular flexibility index (Phi) is 5.58. The SMILES string of the molecule is CC(C)Oc1ccccc1CN1CCN(C(=O)C(=O)NC2CC2)CC1. The Morgan fingerprint density at radius 3 is 2.48 bits per heavy atom. The highest BCUT2D eigenvalue weighted by Crippen LogP contribution is 2.22. The molecule has 1 aliphatic heterocycles. The first-order valence-corrected chi connectivity index (χ1v) is 9.09. The molecule has 6 heteroatoms. The first-order chi connectivity index (χ1) is 12.0. The highest BCUT2D eigenvalue weighted by atomic mass is 16.5. The molecular formula is C19H27N3O3. The molecular weight excluding hydrogens is 318 g/mol. The van der Waals surface area contributed by atoms with Crippen molar-refractivity contribution < 1.29 is 14.3 Å². The molecule has 0 unspecified atom stereocenters. The van der Waals surface area contributed by atoms with E-state index in [2.05, 4.69) is 16.3 Å². The topological polar surface area (TPSA) is 61.9 Å². The molecule has 2 aliphatic rings. The van der Waals surface area contributed by atoms with Crippen LogP contribution in [0.3, 0.4) is 0 Å². The molecule has 1 heterocycles. The number of nitrogens with zero attached hydrogens (tertiary/aromatic N) is 2. The highest BCUT2D eigenvalue weighted by Gasteiger charge is 2.30. The van der Waals surface area contributed by atoms with Gasteiger partial charge in [-0.1, -0.05) is 18.2 Å². The van der Waals surface area contributed by atoms with Crippen molar-refractivity contribution in [1.82, 2.24) is 15.1 Å². The standard InChI is InChI=1S/C19H27N3O3/c1-14(2)25-17-6-4-3-5-15(17)13-21-9-11-22(12-10-21)19(24)18(23)20-16-7-8-16/h3-6,14,16H,7-13H2,1-2H3,(H,20,23). The third kappa shape index (κ3) is 4.95. The van der Waals surface area contributed by atoms with E-state index in [9.17, 15) is 9.59 Å². The van der Waals surface area contributed by atoms with Gasteiger partial charge in [-0.05, 0) is 32.8 Å². The zero-order valence-electron chi connectivity index (χ0n) is 15.0. The molecule has 1 saturated heterocycles. The van der Waals surface area contributed by atoms with E-state index in [4.69, 9.17) is 4.74 Å². The number of piperazine rings is 1. The van der Waals surface area contributed by atoms with Crippen LogP contribution in [0.1, 0.15) is 32.3 Å². The van der Waals surface area contributed by atoms with Gasteiger partial charge in [-0.3, -0.25) is 14.5 Å². The predicted molar refractivity (Wildman–Crippen MR) is 95.2 cm³/mol.